The second-order valence-corrected chi connectivity index (χ2v) is 3.61. The molecular formula is C10H12N2O2. The third-order valence-corrected chi connectivity index (χ3v) is 2.32. The van der Waals surface area contributed by atoms with Crippen LogP contribution in [0.25, 0.3) is 11.1 Å². The van der Waals surface area contributed by atoms with E-state index in [4.69, 9.17) is 15.3 Å². The van der Waals surface area contributed by atoms with Crippen molar-refractivity contribution in [1.29, 1.82) is 0 Å². The first-order valence-corrected chi connectivity index (χ1v) is 4.37. The number of nitrogens with two attached hydrogens (primary N) is 1. The quantitative estimate of drug-likeness (QED) is 0.744. The van der Waals surface area contributed by atoms with Crippen molar-refractivity contribution in [2.24, 2.45) is 5.73 Å². The molecule has 2 aromatic rings. The fourth-order valence-electron chi connectivity index (χ4n) is 1.30. The number of aliphatic hydroxyl groups excluding tert-OH is 1. The van der Waals surface area contributed by atoms with E-state index in [2.05, 4.69) is 4.98 Å². The summed E-state index contributed by atoms with van der Waals surface area (Å²) in [5.41, 5.74) is 7.47. The summed E-state index contributed by atoms with van der Waals surface area (Å²) in [6.07, 6.45) is 1.39. The largest absolute Gasteiger partial charge is 0.443 e. The zero-order valence-corrected chi connectivity index (χ0v) is 7.90. The van der Waals surface area contributed by atoms with Crippen LogP contribution in [0.15, 0.2) is 29.0 Å². The van der Waals surface area contributed by atoms with Gasteiger partial charge in [0.25, 0.3) is 0 Å². The summed E-state index contributed by atoms with van der Waals surface area (Å²) in [4.78, 5) is 4.00. The minimum absolute atomic E-state index is 0.105. The molecule has 0 saturated carbocycles. The highest BCUT2D eigenvalue weighted by Crippen LogP contribution is 2.21. The van der Waals surface area contributed by atoms with E-state index in [-0.39, 0.29) is 6.61 Å². The Bertz CT molecular complexity index is 448. The normalized spacial score (nSPS) is 15.6. The molecule has 0 saturated heterocycles. The highest BCUT2D eigenvalue weighted by atomic mass is 16.3. The van der Waals surface area contributed by atoms with E-state index in [1.165, 1.54) is 6.39 Å². The second kappa shape index (κ2) is 3.08. The lowest BCUT2D eigenvalue weighted by Gasteiger charge is -2.21. The van der Waals surface area contributed by atoms with Crippen LogP contribution in [-0.2, 0) is 5.54 Å². The molecule has 74 valence electrons. The van der Waals surface area contributed by atoms with Crippen molar-refractivity contribution in [2.45, 2.75) is 12.5 Å². The Labute approximate surface area is 81.4 Å². The second-order valence-electron chi connectivity index (χ2n) is 3.61. The fraction of sp³-hybridized carbons (Fsp3) is 0.300. The number of aliphatic hydroxyl groups is 1. The van der Waals surface area contributed by atoms with Gasteiger partial charge in [0.05, 0.1) is 12.1 Å². The zero-order valence-electron chi connectivity index (χ0n) is 7.90. The minimum Gasteiger partial charge on any atom is -0.443 e. The van der Waals surface area contributed by atoms with E-state index < -0.39 is 5.54 Å². The smallest absolute Gasteiger partial charge is 0.181 e. The Kier molecular flexibility index (Phi) is 2.02. The maximum absolute atomic E-state index is 9.10. The Balaban J connectivity index is 2.53. The van der Waals surface area contributed by atoms with E-state index >= 15 is 0 Å². The van der Waals surface area contributed by atoms with Gasteiger partial charge >= 0.3 is 0 Å². The number of oxazole rings is 1. The lowest BCUT2D eigenvalue weighted by molar-refractivity contribution is 0.210. The molecule has 0 fully saturated rings. The van der Waals surface area contributed by atoms with E-state index in [0.29, 0.717) is 5.58 Å². The van der Waals surface area contributed by atoms with Gasteiger partial charge in [-0.3, -0.25) is 0 Å². The maximum Gasteiger partial charge on any atom is 0.181 e. The van der Waals surface area contributed by atoms with Crippen LogP contribution < -0.4 is 5.73 Å². The van der Waals surface area contributed by atoms with Gasteiger partial charge in [0.1, 0.15) is 5.52 Å². The molecule has 4 heteroatoms. The molecule has 1 atom stereocenters. The van der Waals surface area contributed by atoms with Crippen LogP contribution in [0.4, 0.5) is 0 Å². The first-order chi connectivity index (χ1) is 6.63. The highest BCUT2D eigenvalue weighted by Gasteiger charge is 2.20. The van der Waals surface area contributed by atoms with Gasteiger partial charge in [0, 0.05) is 0 Å². The van der Waals surface area contributed by atoms with E-state index in [0.717, 1.165) is 11.1 Å². The van der Waals surface area contributed by atoms with Crippen LogP contribution in [0.2, 0.25) is 0 Å². The number of aromatic nitrogens is 1. The number of rotatable bonds is 2. The fourth-order valence-corrected chi connectivity index (χ4v) is 1.30. The summed E-state index contributed by atoms with van der Waals surface area (Å²) in [6, 6.07) is 5.48. The van der Waals surface area contributed by atoms with Gasteiger partial charge in [-0.05, 0) is 24.6 Å². The molecule has 1 unspecified atom stereocenters. The molecule has 0 bridgehead atoms. The predicted octanol–water partition coefficient (Wildman–Crippen LogP) is 0.994. The summed E-state index contributed by atoms with van der Waals surface area (Å²) >= 11 is 0. The van der Waals surface area contributed by atoms with Gasteiger partial charge in [0.2, 0.25) is 0 Å². The summed E-state index contributed by atoms with van der Waals surface area (Å²) in [7, 11) is 0. The van der Waals surface area contributed by atoms with Crippen LogP contribution in [0.1, 0.15) is 12.5 Å². The lowest BCUT2D eigenvalue weighted by Crippen LogP contribution is -2.36. The van der Waals surface area contributed by atoms with Crippen molar-refractivity contribution < 1.29 is 9.52 Å². The van der Waals surface area contributed by atoms with Gasteiger partial charge in [0.15, 0.2) is 12.0 Å². The van der Waals surface area contributed by atoms with Gasteiger partial charge in [-0.25, -0.2) is 4.98 Å². The molecule has 1 aromatic carbocycles. The lowest BCUT2D eigenvalue weighted by atomic mass is 9.94. The first-order valence-electron chi connectivity index (χ1n) is 4.37. The molecule has 3 N–H and O–H groups in total. The Hall–Kier alpha value is -1.39. The number of hydrogen-bond donors (Lipinski definition) is 2. The van der Waals surface area contributed by atoms with Crippen molar-refractivity contribution in [2.75, 3.05) is 6.61 Å². The van der Waals surface area contributed by atoms with E-state index in [1.807, 2.05) is 12.1 Å². The monoisotopic (exact) mass is 192 g/mol. The van der Waals surface area contributed by atoms with Crippen LogP contribution >= 0.6 is 0 Å². The molecule has 1 heterocycles. The molecule has 1 aromatic heterocycles. The summed E-state index contributed by atoms with van der Waals surface area (Å²) < 4.78 is 5.15. The highest BCUT2D eigenvalue weighted by molar-refractivity contribution is 5.73. The third-order valence-electron chi connectivity index (χ3n) is 2.32. The molecule has 0 amide bonds. The number of fused-ring (bicyclic) bond motifs is 1. The molecule has 0 radical (unpaired) electrons. The summed E-state index contributed by atoms with van der Waals surface area (Å²) in [5.74, 6) is 0. The Morgan fingerprint density at radius 3 is 3.07 bits per heavy atom. The van der Waals surface area contributed by atoms with Crippen molar-refractivity contribution in [1.82, 2.24) is 4.98 Å². The molecule has 2 rings (SSSR count). The van der Waals surface area contributed by atoms with E-state index in [1.54, 1.807) is 13.0 Å². The molecule has 4 nitrogen and oxygen atoms in total. The molecule has 0 spiro atoms. The SMILES string of the molecule is CC(N)(CO)c1ccc2ncoc2c1. The van der Waals surface area contributed by atoms with Gasteiger partial charge < -0.3 is 15.3 Å². The van der Waals surface area contributed by atoms with E-state index in [9.17, 15) is 0 Å². The van der Waals surface area contributed by atoms with Crippen molar-refractivity contribution in [3.05, 3.63) is 30.2 Å². The average molecular weight is 192 g/mol. The van der Waals surface area contributed by atoms with Crippen molar-refractivity contribution in [3.63, 3.8) is 0 Å². The maximum atomic E-state index is 9.10. The summed E-state index contributed by atoms with van der Waals surface area (Å²) in [5, 5.41) is 9.10. The van der Waals surface area contributed by atoms with Crippen LogP contribution in [0.3, 0.4) is 0 Å². The van der Waals surface area contributed by atoms with Crippen LogP contribution in [-0.4, -0.2) is 16.7 Å². The van der Waals surface area contributed by atoms with Crippen molar-refractivity contribution in [3.8, 4) is 0 Å². The van der Waals surface area contributed by atoms with Crippen LogP contribution in [0, 0.1) is 0 Å². The van der Waals surface area contributed by atoms with Gasteiger partial charge in [-0.2, -0.15) is 0 Å². The molecule has 0 aliphatic heterocycles. The van der Waals surface area contributed by atoms with Crippen LogP contribution in [0.5, 0.6) is 0 Å². The standard InChI is InChI=1S/C10H12N2O2/c1-10(11,5-13)7-2-3-8-9(4-7)14-6-12-8/h2-4,6,13H,5,11H2,1H3. The number of benzene rings is 1. The van der Waals surface area contributed by atoms with Gasteiger partial charge in [-0.1, -0.05) is 6.07 Å². The average Bonchev–Trinajstić information content (AvgIpc) is 2.64. The summed E-state index contributed by atoms with van der Waals surface area (Å²) in [6.45, 7) is 1.66. The molecule has 0 aliphatic carbocycles. The predicted molar refractivity (Wildman–Crippen MR) is 52.6 cm³/mol. The van der Waals surface area contributed by atoms with Gasteiger partial charge in [-0.15, -0.1) is 0 Å². The zero-order chi connectivity index (χ0) is 10.2. The Morgan fingerprint density at radius 1 is 1.57 bits per heavy atom. The third kappa shape index (κ3) is 1.38. The molecule has 14 heavy (non-hydrogen) atoms. The first kappa shape index (κ1) is 9.18. The molecule has 0 aliphatic rings. The number of hydrogen-bond acceptors (Lipinski definition) is 4. The molecular weight excluding hydrogens is 180 g/mol. The minimum atomic E-state index is -0.735. The Morgan fingerprint density at radius 2 is 2.36 bits per heavy atom. The number of nitrogens with zero attached hydrogens (tertiary/aromatic N) is 1. The topological polar surface area (TPSA) is 72.3 Å². The van der Waals surface area contributed by atoms with Crippen molar-refractivity contribution >= 4 is 11.1 Å².